The van der Waals surface area contributed by atoms with Crippen molar-refractivity contribution in [3.8, 4) is 17.0 Å². The maximum absolute atomic E-state index is 10.2. The molecule has 1 aromatic heterocycles. The van der Waals surface area contributed by atoms with Crippen molar-refractivity contribution >= 4 is 0 Å². The molecule has 0 amide bonds. The van der Waals surface area contributed by atoms with Crippen molar-refractivity contribution in [3.63, 3.8) is 0 Å². The van der Waals surface area contributed by atoms with Crippen LogP contribution in [0.15, 0.2) is 24.3 Å². The zero-order valence-electron chi connectivity index (χ0n) is 10.7. The number of hydrogen-bond donors (Lipinski definition) is 1. The van der Waals surface area contributed by atoms with Crippen molar-refractivity contribution in [1.82, 2.24) is 9.78 Å². The summed E-state index contributed by atoms with van der Waals surface area (Å²) < 4.78 is 1.66. The summed E-state index contributed by atoms with van der Waals surface area (Å²) in [5.74, 6) is 0.251. The molecule has 0 radical (unpaired) electrons. The summed E-state index contributed by atoms with van der Waals surface area (Å²) in [5.41, 5.74) is 3.92. The van der Waals surface area contributed by atoms with E-state index in [1.165, 1.54) is 5.56 Å². The van der Waals surface area contributed by atoms with E-state index < -0.39 is 0 Å². The van der Waals surface area contributed by atoms with E-state index in [1.54, 1.807) is 4.68 Å². The molecule has 0 aliphatic carbocycles. The summed E-state index contributed by atoms with van der Waals surface area (Å²) in [7, 11) is 0. The van der Waals surface area contributed by atoms with E-state index >= 15 is 0 Å². The number of benzene rings is 1. The van der Waals surface area contributed by atoms with Gasteiger partial charge in [-0.3, -0.25) is 0 Å². The monoisotopic (exact) mass is 230 g/mol. The Morgan fingerprint density at radius 3 is 2.18 bits per heavy atom. The summed E-state index contributed by atoms with van der Waals surface area (Å²) in [6.45, 7) is 7.98. The van der Waals surface area contributed by atoms with Gasteiger partial charge in [-0.1, -0.05) is 29.8 Å². The molecule has 0 atom stereocenters. The molecule has 0 unspecified atom stereocenters. The number of aryl methyl sites for hydroxylation is 2. The minimum absolute atomic E-state index is 0.160. The van der Waals surface area contributed by atoms with Crippen molar-refractivity contribution in [3.05, 3.63) is 35.5 Å². The first-order chi connectivity index (χ1) is 8.00. The topological polar surface area (TPSA) is 38.0 Å². The molecule has 1 heterocycles. The Morgan fingerprint density at radius 2 is 1.71 bits per heavy atom. The third-order valence-electron chi connectivity index (χ3n) is 2.89. The lowest BCUT2D eigenvalue weighted by atomic mass is 10.0. The van der Waals surface area contributed by atoms with Gasteiger partial charge in [-0.05, 0) is 33.3 Å². The number of aromatic hydroxyl groups is 1. The molecule has 0 bridgehead atoms. The highest BCUT2D eigenvalue weighted by Crippen LogP contribution is 2.33. The SMILES string of the molecule is Cc1ccc(-c2c(C)nn(C(C)C)c2O)cc1. The fraction of sp³-hybridized carbons (Fsp3) is 0.357. The molecule has 17 heavy (non-hydrogen) atoms. The lowest BCUT2D eigenvalue weighted by Gasteiger charge is -2.07. The van der Waals surface area contributed by atoms with Gasteiger partial charge in [0, 0.05) is 0 Å². The molecule has 0 aliphatic heterocycles. The Balaban J connectivity index is 2.56. The maximum Gasteiger partial charge on any atom is 0.217 e. The second-order valence-electron chi connectivity index (χ2n) is 4.69. The number of rotatable bonds is 2. The van der Waals surface area contributed by atoms with E-state index in [4.69, 9.17) is 0 Å². The Labute approximate surface area is 102 Å². The van der Waals surface area contributed by atoms with Crippen LogP contribution >= 0.6 is 0 Å². The molecular formula is C14H18N2O. The molecule has 2 aromatic rings. The molecule has 0 saturated heterocycles. The van der Waals surface area contributed by atoms with Crippen LogP contribution in [0.1, 0.15) is 31.1 Å². The molecule has 0 saturated carbocycles. The molecule has 1 aromatic carbocycles. The highest BCUT2D eigenvalue weighted by molar-refractivity contribution is 5.71. The first-order valence-electron chi connectivity index (χ1n) is 5.86. The molecule has 3 nitrogen and oxygen atoms in total. The van der Waals surface area contributed by atoms with Gasteiger partial charge in [-0.25, -0.2) is 4.68 Å². The third-order valence-corrected chi connectivity index (χ3v) is 2.89. The first-order valence-corrected chi connectivity index (χ1v) is 5.86. The molecule has 2 rings (SSSR count). The van der Waals surface area contributed by atoms with Crippen LogP contribution < -0.4 is 0 Å². The van der Waals surface area contributed by atoms with E-state index in [0.717, 1.165) is 16.8 Å². The zero-order valence-corrected chi connectivity index (χ0v) is 10.7. The minimum Gasteiger partial charge on any atom is -0.493 e. The van der Waals surface area contributed by atoms with E-state index in [2.05, 4.69) is 5.10 Å². The first kappa shape index (κ1) is 11.7. The van der Waals surface area contributed by atoms with Gasteiger partial charge in [-0.2, -0.15) is 5.10 Å². The van der Waals surface area contributed by atoms with Gasteiger partial charge in [0.05, 0.1) is 17.3 Å². The van der Waals surface area contributed by atoms with Gasteiger partial charge in [0.2, 0.25) is 5.88 Å². The van der Waals surface area contributed by atoms with Crippen LogP contribution in [0, 0.1) is 13.8 Å². The van der Waals surface area contributed by atoms with Gasteiger partial charge in [0.25, 0.3) is 0 Å². The van der Waals surface area contributed by atoms with Gasteiger partial charge in [0.15, 0.2) is 0 Å². The van der Waals surface area contributed by atoms with Crippen LogP contribution in [0.4, 0.5) is 0 Å². The van der Waals surface area contributed by atoms with Gasteiger partial charge in [0.1, 0.15) is 0 Å². The standard InChI is InChI=1S/C14H18N2O/c1-9(2)16-14(17)13(11(4)15-16)12-7-5-10(3)6-8-12/h5-9,17H,1-4H3. The van der Waals surface area contributed by atoms with Crippen LogP contribution in [0.5, 0.6) is 5.88 Å². The third kappa shape index (κ3) is 2.05. The molecule has 3 heteroatoms. The summed E-state index contributed by atoms with van der Waals surface area (Å²) in [6, 6.07) is 8.28. The highest BCUT2D eigenvalue weighted by Gasteiger charge is 2.17. The second kappa shape index (κ2) is 4.24. The number of aromatic nitrogens is 2. The van der Waals surface area contributed by atoms with Crippen molar-refractivity contribution in [1.29, 1.82) is 0 Å². The van der Waals surface area contributed by atoms with Crippen molar-refractivity contribution in [2.45, 2.75) is 33.7 Å². The average Bonchev–Trinajstić information content (AvgIpc) is 2.56. The fourth-order valence-corrected chi connectivity index (χ4v) is 1.95. The van der Waals surface area contributed by atoms with Crippen molar-refractivity contribution in [2.24, 2.45) is 0 Å². The van der Waals surface area contributed by atoms with Crippen LogP contribution in [0.3, 0.4) is 0 Å². The lowest BCUT2D eigenvalue weighted by Crippen LogP contribution is -2.01. The fourth-order valence-electron chi connectivity index (χ4n) is 1.95. The number of hydrogen-bond acceptors (Lipinski definition) is 2. The maximum atomic E-state index is 10.2. The normalized spacial score (nSPS) is 11.1. The summed E-state index contributed by atoms with van der Waals surface area (Å²) in [4.78, 5) is 0. The molecule has 90 valence electrons. The van der Waals surface area contributed by atoms with Crippen LogP contribution in [0.2, 0.25) is 0 Å². The molecule has 0 fully saturated rings. The summed E-state index contributed by atoms with van der Waals surface area (Å²) >= 11 is 0. The predicted octanol–water partition coefficient (Wildman–Crippen LogP) is 3.45. The van der Waals surface area contributed by atoms with Crippen LogP contribution in [-0.4, -0.2) is 14.9 Å². The molecular weight excluding hydrogens is 212 g/mol. The Morgan fingerprint density at radius 1 is 1.12 bits per heavy atom. The van der Waals surface area contributed by atoms with E-state index in [1.807, 2.05) is 52.0 Å². The predicted molar refractivity (Wildman–Crippen MR) is 69.2 cm³/mol. The average molecular weight is 230 g/mol. The van der Waals surface area contributed by atoms with Crippen molar-refractivity contribution < 1.29 is 5.11 Å². The molecule has 1 N–H and O–H groups in total. The van der Waals surface area contributed by atoms with Crippen LogP contribution in [0.25, 0.3) is 11.1 Å². The Bertz CT molecular complexity index is 524. The van der Waals surface area contributed by atoms with Crippen molar-refractivity contribution in [2.75, 3.05) is 0 Å². The Kier molecular flexibility index (Phi) is 2.92. The van der Waals surface area contributed by atoms with E-state index in [-0.39, 0.29) is 11.9 Å². The molecule has 0 spiro atoms. The zero-order chi connectivity index (χ0) is 12.6. The van der Waals surface area contributed by atoms with Gasteiger partial charge < -0.3 is 5.11 Å². The minimum atomic E-state index is 0.160. The van der Waals surface area contributed by atoms with Gasteiger partial charge in [-0.15, -0.1) is 0 Å². The van der Waals surface area contributed by atoms with E-state index in [0.29, 0.717) is 0 Å². The second-order valence-corrected chi connectivity index (χ2v) is 4.69. The van der Waals surface area contributed by atoms with Crippen LogP contribution in [-0.2, 0) is 0 Å². The lowest BCUT2D eigenvalue weighted by molar-refractivity contribution is 0.378. The molecule has 0 aliphatic rings. The largest absolute Gasteiger partial charge is 0.493 e. The van der Waals surface area contributed by atoms with E-state index in [9.17, 15) is 5.11 Å². The Hall–Kier alpha value is -1.77. The number of nitrogens with zero attached hydrogens (tertiary/aromatic N) is 2. The quantitative estimate of drug-likeness (QED) is 0.858. The van der Waals surface area contributed by atoms with Gasteiger partial charge >= 0.3 is 0 Å². The summed E-state index contributed by atoms with van der Waals surface area (Å²) in [6.07, 6.45) is 0. The smallest absolute Gasteiger partial charge is 0.217 e. The highest BCUT2D eigenvalue weighted by atomic mass is 16.3. The summed E-state index contributed by atoms with van der Waals surface area (Å²) in [5, 5.41) is 14.6.